The SMILES string of the molecule is CCCCCCCCC/C=C\CCCCCCCCCC(=O)OCC(O)COP(=O)(O)OCCN. The highest BCUT2D eigenvalue weighted by molar-refractivity contribution is 7.47. The molecule has 0 saturated heterocycles. The highest BCUT2D eigenvalue weighted by Crippen LogP contribution is 2.42. The molecule has 2 atom stereocenters. The molecular weight excluding hydrogens is 469 g/mol. The van der Waals surface area contributed by atoms with E-state index in [1.807, 2.05) is 0 Å². The molecular formula is C26H52NO7P. The fraction of sp³-hybridized carbons (Fsp3) is 0.885. The van der Waals surface area contributed by atoms with E-state index in [9.17, 15) is 19.4 Å². The molecule has 0 aromatic rings. The number of carbonyl (C=O) groups excluding carboxylic acids is 1. The van der Waals surface area contributed by atoms with Crippen LogP contribution in [0.3, 0.4) is 0 Å². The third kappa shape index (κ3) is 26.1. The number of ether oxygens (including phenoxy) is 1. The highest BCUT2D eigenvalue weighted by atomic mass is 31.2. The Kier molecular flexibility index (Phi) is 24.4. The Morgan fingerprint density at radius 3 is 1.89 bits per heavy atom. The first kappa shape index (κ1) is 34.2. The molecule has 0 aliphatic rings. The van der Waals surface area contributed by atoms with Crippen LogP contribution in [0.2, 0.25) is 0 Å². The van der Waals surface area contributed by atoms with E-state index in [1.54, 1.807) is 0 Å². The standard InChI is InChI=1S/C26H52NO7P/c1-2-3-4-5-6-7-8-9-10-11-12-13-14-15-16-17-18-19-20-26(29)32-23-25(28)24-34-35(30,31)33-22-21-27/h10-11,25,28H,2-9,12-24,27H2,1H3,(H,30,31)/b11-10-. The van der Waals surface area contributed by atoms with Crippen molar-refractivity contribution in [2.45, 2.75) is 122 Å². The van der Waals surface area contributed by atoms with E-state index in [-0.39, 0.29) is 25.7 Å². The third-order valence-electron chi connectivity index (χ3n) is 5.63. The number of unbranched alkanes of at least 4 members (excludes halogenated alkanes) is 14. The fourth-order valence-corrected chi connectivity index (χ4v) is 4.34. The number of rotatable bonds is 26. The monoisotopic (exact) mass is 521 g/mol. The molecule has 0 amide bonds. The smallest absolute Gasteiger partial charge is 0.463 e. The van der Waals surface area contributed by atoms with E-state index in [0.717, 1.165) is 19.3 Å². The van der Waals surface area contributed by atoms with Gasteiger partial charge in [0.05, 0.1) is 13.2 Å². The second-order valence-corrected chi connectivity index (χ2v) is 10.6. The summed E-state index contributed by atoms with van der Waals surface area (Å²) < 4.78 is 25.6. The number of aliphatic hydroxyl groups excluding tert-OH is 1. The Morgan fingerprint density at radius 2 is 1.34 bits per heavy atom. The van der Waals surface area contributed by atoms with Gasteiger partial charge in [-0.15, -0.1) is 0 Å². The summed E-state index contributed by atoms with van der Waals surface area (Å²) in [6.45, 7) is 1.44. The lowest BCUT2D eigenvalue weighted by Crippen LogP contribution is -2.23. The molecule has 208 valence electrons. The van der Waals surface area contributed by atoms with Crippen LogP contribution in [0.15, 0.2) is 12.2 Å². The van der Waals surface area contributed by atoms with Gasteiger partial charge < -0.3 is 20.5 Å². The first-order chi connectivity index (χ1) is 16.9. The van der Waals surface area contributed by atoms with E-state index in [4.69, 9.17) is 10.5 Å². The topological polar surface area (TPSA) is 128 Å². The maximum atomic E-state index is 11.7. The third-order valence-corrected chi connectivity index (χ3v) is 6.62. The van der Waals surface area contributed by atoms with Crippen LogP contribution in [-0.4, -0.2) is 48.4 Å². The van der Waals surface area contributed by atoms with Crippen LogP contribution >= 0.6 is 7.82 Å². The van der Waals surface area contributed by atoms with Crippen molar-refractivity contribution in [3.63, 3.8) is 0 Å². The summed E-state index contributed by atoms with van der Waals surface area (Å²) in [7, 11) is -4.24. The first-order valence-corrected chi connectivity index (χ1v) is 15.2. The minimum absolute atomic E-state index is 0.0745. The number of allylic oxidation sites excluding steroid dienone is 2. The average Bonchev–Trinajstić information content (AvgIpc) is 2.84. The summed E-state index contributed by atoms with van der Waals surface area (Å²) in [4.78, 5) is 21.1. The predicted octanol–water partition coefficient (Wildman–Crippen LogP) is 6.19. The number of hydrogen-bond donors (Lipinski definition) is 3. The lowest BCUT2D eigenvalue weighted by Gasteiger charge is -2.15. The van der Waals surface area contributed by atoms with Crippen molar-refractivity contribution in [3.05, 3.63) is 12.2 Å². The molecule has 0 bridgehead atoms. The van der Waals surface area contributed by atoms with E-state index in [0.29, 0.717) is 6.42 Å². The second kappa shape index (κ2) is 24.9. The Labute approximate surface area is 213 Å². The van der Waals surface area contributed by atoms with Crippen molar-refractivity contribution in [2.24, 2.45) is 5.73 Å². The second-order valence-electron chi connectivity index (χ2n) is 9.12. The lowest BCUT2D eigenvalue weighted by molar-refractivity contribution is -0.147. The molecule has 0 fully saturated rings. The van der Waals surface area contributed by atoms with E-state index < -0.39 is 20.5 Å². The molecule has 9 heteroatoms. The molecule has 0 saturated carbocycles. The summed E-state index contributed by atoms with van der Waals surface area (Å²) in [5, 5.41) is 9.70. The minimum atomic E-state index is -4.24. The van der Waals surface area contributed by atoms with Gasteiger partial charge in [-0.3, -0.25) is 13.8 Å². The molecule has 0 rings (SSSR count). The maximum Gasteiger partial charge on any atom is 0.472 e. The van der Waals surface area contributed by atoms with Crippen molar-refractivity contribution in [2.75, 3.05) is 26.4 Å². The molecule has 0 aliphatic heterocycles. The van der Waals surface area contributed by atoms with Crippen LogP contribution in [0.1, 0.15) is 116 Å². The van der Waals surface area contributed by atoms with Crippen LogP contribution in [0.5, 0.6) is 0 Å². The van der Waals surface area contributed by atoms with Crippen molar-refractivity contribution in [1.29, 1.82) is 0 Å². The summed E-state index contributed by atoms with van der Waals surface area (Å²) in [6.07, 6.45) is 23.5. The first-order valence-electron chi connectivity index (χ1n) is 13.7. The Bertz CT molecular complexity index is 560. The quantitative estimate of drug-likeness (QED) is 0.0532. The van der Waals surface area contributed by atoms with Crippen LogP contribution in [0.25, 0.3) is 0 Å². The number of esters is 1. The van der Waals surface area contributed by atoms with Crippen LogP contribution in [0, 0.1) is 0 Å². The number of phosphoric ester groups is 1. The van der Waals surface area contributed by atoms with Gasteiger partial charge in [0.2, 0.25) is 0 Å². The molecule has 0 aromatic carbocycles. The van der Waals surface area contributed by atoms with Gasteiger partial charge in [0.1, 0.15) is 12.7 Å². The van der Waals surface area contributed by atoms with Gasteiger partial charge in [-0.1, -0.05) is 89.7 Å². The number of aliphatic hydroxyl groups is 1. The Hall–Kier alpha value is -0.760. The number of carbonyl (C=O) groups is 1. The fourth-order valence-electron chi connectivity index (χ4n) is 3.57. The summed E-state index contributed by atoms with van der Waals surface area (Å²) in [6, 6.07) is 0. The zero-order valence-electron chi connectivity index (χ0n) is 22.0. The van der Waals surface area contributed by atoms with Crippen LogP contribution < -0.4 is 5.73 Å². The molecule has 2 unspecified atom stereocenters. The minimum Gasteiger partial charge on any atom is -0.463 e. The van der Waals surface area contributed by atoms with Gasteiger partial charge in [0.15, 0.2) is 0 Å². The normalized spacial score (nSPS) is 14.3. The molecule has 0 aliphatic carbocycles. The van der Waals surface area contributed by atoms with E-state index in [2.05, 4.69) is 28.1 Å². The summed E-state index contributed by atoms with van der Waals surface area (Å²) in [5.74, 6) is -0.390. The van der Waals surface area contributed by atoms with Crippen molar-refractivity contribution >= 4 is 13.8 Å². The molecule has 0 aromatic heterocycles. The zero-order chi connectivity index (χ0) is 26.0. The summed E-state index contributed by atoms with van der Waals surface area (Å²) >= 11 is 0. The number of nitrogens with two attached hydrogens (primary N) is 1. The maximum absolute atomic E-state index is 11.7. The molecule has 4 N–H and O–H groups in total. The van der Waals surface area contributed by atoms with Crippen LogP contribution in [-0.2, 0) is 23.1 Å². The summed E-state index contributed by atoms with van der Waals surface area (Å²) in [5.41, 5.74) is 5.17. The van der Waals surface area contributed by atoms with Crippen molar-refractivity contribution in [1.82, 2.24) is 0 Å². The average molecular weight is 522 g/mol. The number of hydrogen-bond acceptors (Lipinski definition) is 7. The predicted molar refractivity (Wildman–Crippen MR) is 141 cm³/mol. The lowest BCUT2D eigenvalue weighted by atomic mass is 10.1. The highest BCUT2D eigenvalue weighted by Gasteiger charge is 2.22. The molecule has 35 heavy (non-hydrogen) atoms. The van der Waals surface area contributed by atoms with E-state index in [1.165, 1.54) is 83.5 Å². The van der Waals surface area contributed by atoms with Gasteiger partial charge in [0.25, 0.3) is 0 Å². The largest absolute Gasteiger partial charge is 0.472 e. The van der Waals surface area contributed by atoms with Gasteiger partial charge in [-0.25, -0.2) is 4.57 Å². The van der Waals surface area contributed by atoms with E-state index >= 15 is 0 Å². The van der Waals surface area contributed by atoms with Crippen molar-refractivity contribution in [3.8, 4) is 0 Å². The van der Waals surface area contributed by atoms with Gasteiger partial charge in [-0.2, -0.15) is 0 Å². The number of phosphoric acid groups is 1. The Morgan fingerprint density at radius 1 is 0.829 bits per heavy atom. The van der Waals surface area contributed by atoms with Crippen molar-refractivity contribution < 1.29 is 33.1 Å². The molecule has 8 nitrogen and oxygen atoms in total. The molecule has 0 radical (unpaired) electrons. The van der Waals surface area contributed by atoms with Gasteiger partial charge in [0, 0.05) is 13.0 Å². The zero-order valence-corrected chi connectivity index (χ0v) is 22.9. The molecule has 0 heterocycles. The van der Waals surface area contributed by atoms with Gasteiger partial charge in [-0.05, 0) is 32.1 Å². The molecule has 0 spiro atoms. The van der Waals surface area contributed by atoms with Gasteiger partial charge >= 0.3 is 13.8 Å². The Balaban J connectivity index is 3.43. The van der Waals surface area contributed by atoms with Crippen LogP contribution in [0.4, 0.5) is 0 Å².